The van der Waals surface area contributed by atoms with E-state index in [-0.39, 0.29) is 36.6 Å². The zero-order valence-corrected chi connectivity index (χ0v) is 13.1. The van der Waals surface area contributed by atoms with E-state index in [0.717, 1.165) is 51.4 Å². The van der Waals surface area contributed by atoms with Crippen LogP contribution < -0.4 is 0 Å². The molecule has 2 N–H and O–H groups in total. The van der Waals surface area contributed by atoms with Gasteiger partial charge < -0.3 is 10.2 Å². The highest BCUT2D eigenvalue weighted by atomic mass is 35.5. The summed E-state index contributed by atoms with van der Waals surface area (Å²) in [6.45, 7) is 0. The topological polar surface area (TPSA) is 74.6 Å². The molecule has 0 aromatic rings. The van der Waals surface area contributed by atoms with Gasteiger partial charge in [-0.15, -0.1) is 24.8 Å². The van der Waals surface area contributed by atoms with Crippen molar-refractivity contribution in [1.82, 2.24) is 0 Å². The first-order valence-corrected chi connectivity index (χ1v) is 7.03. The summed E-state index contributed by atoms with van der Waals surface area (Å²) >= 11 is 0. The first kappa shape index (κ1) is 19.5. The highest BCUT2D eigenvalue weighted by Gasteiger charge is 2.34. The van der Waals surface area contributed by atoms with Crippen LogP contribution in [0.15, 0.2) is 0 Å². The SMILES string of the molecule is Cl.Cl.O=C(O)C1CCC(C2CCC(C(=O)O)CC2)CC1. The Bertz CT molecular complexity index is 287. The molecule has 0 amide bonds. The molecule has 2 aliphatic rings. The van der Waals surface area contributed by atoms with Gasteiger partial charge in [0.15, 0.2) is 0 Å². The fourth-order valence-corrected chi connectivity index (χ4v) is 3.68. The van der Waals surface area contributed by atoms with Crippen LogP contribution in [0.2, 0.25) is 0 Å². The molecule has 118 valence electrons. The number of carbonyl (C=O) groups is 2. The van der Waals surface area contributed by atoms with Crippen molar-refractivity contribution in [3.8, 4) is 0 Å². The fourth-order valence-electron chi connectivity index (χ4n) is 3.68. The summed E-state index contributed by atoms with van der Waals surface area (Å²) in [5.74, 6) is -0.315. The van der Waals surface area contributed by atoms with E-state index in [1.807, 2.05) is 0 Å². The Morgan fingerprint density at radius 2 is 0.850 bits per heavy atom. The molecule has 0 aliphatic heterocycles. The zero-order valence-electron chi connectivity index (χ0n) is 11.5. The monoisotopic (exact) mass is 326 g/mol. The van der Waals surface area contributed by atoms with Gasteiger partial charge in [0.1, 0.15) is 0 Å². The molecule has 2 fully saturated rings. The van der Waals surface area contributed by atoms with Crippen LogP contribution in [0, 0.1) is 23.7 Å². The molecule has 0 aromatic carbocycles. The molecule has 0 unspecified atom stereocenters. The average Bonchev–Trinajstić information content (AvgIpc) is 2.39. The van der Waals surface area contributed by atoms with Crippen molar-refractivity contribution >= 4 is 36.8 Å². The third-order valence-electron chi connectivity index (χ3n) is 4.91. The van der Waals surface area contributed by atoms with Crippen LogP contribution in [0.5, 0.6) is 0 Å². The van der Waals surface area contributed by atoms with Crippen molar-refractivity contribution in [3.05, 3.63) is 0 Å². The normalized spacial score (nSPS) is 33.4. The second-order valence-electron chi connectivity index (χ2n) is 5.90. The molecule has 4 nitrogen and oxygen atoms in total. The standard InChI is InChI=1S/C14H22O4.2ClH/c15-13(16)11-5-1-9(2-6-11)10-3-7-12(8-4-10)14(17)18;;/h9-12H,1-8H2,(H,15,16)(H,17,18);2*1H. The number of hydrogen-bond acceptors (Lipinski definition) is 2. The van der Waals surface area contributed by atoms with Crippen molar-refractivity contribution < 1.29 is 19.8 Å². The van der Waals surface area contributed by atoms with E-state index < -0.39 is 11.9 Å². The number of hydrogen-bond donors (Lipinski definition) is 2. The van der Waals surface area contributed by atoms with Crippen LogP contribution in [0.3, 0.4) is 0 Å². The molecule has 2 aliphatic carbocycles. The molecule has 2 saturated carbocycles. The fraction of sp³-hybridized carbons (Fsp3) is 0.857. The van der Waals surface area contributed by atoms with Crippen LogP contribution in [0.4, 0.5) is 0 Å². The minimum atomic E-state index is -0.650. The maximum Gasteiger partial charge on any atom is 0.306 e. The van der Waals surface area contributed by atoms with E-state index in [2.05, 4.69) is 0 Å². The maximum atomic E-state index is 10.9. The Kier molecular flexibility index (Phi) is 8.52. The Hall–Kier alpha value is -0.480. The summed E-state index contributed by atoms with van der Waals surface area (Å²) in [6.07, 6.45) is 7.27. The lowest BCUT2D eigenvalue weighted by atomic mass is 9.69. The van der Waals surface area contributed by atoms with Crippen molar-refractivity contribution in [2.75, 3.05) is 0 Å². The first-order chi connectivity index (χ1) is 8.58. The summed E-state index contributed by atoms with van der Waals surface area (Å²) in [7, 11) is 0. The summed E-state index contributed by atoms with van der Waals surface area (Å²) in [6, 6.07) is 0. The largest absolute Gasteiger partial charge is 0.481 e. The van der Waals surface area contributed by atoms with Gasteiger partial charge in [0.2, 0.25) is 0 Å². The molecular weight excluding hydrogens is 303 g/mol. The maximum absolute atomic E-state index is 10.9. The predicted molar refractivity (Wildman–Crippen MR) is 80.7 cm³/mol. The number of carboxylic acids is 2. The van der Waals surface area contributed by atoms with Crippen molar-refractivity contribution in [3.63, 3.8) is 0 Å². The lowest BCUT2D eigenvalue weighted by Crippen LogP contribution is -2.29. The van der Waals surface area contributed by atoms with Crippen LogP contribution >= 0.6 is 24.8 Å². The molecule has 6 heteroatoms. The third-order valence-corrected chi connectivity index (χ3v) is 4.91. The van der Waals surface area contributed by atoms with Gasteiger partial charge >= 0.3 is 11.9 Å². The molecule has 0 spiro atoms. The molecule has 0 saturated heterocycles. The van der Waals surface area contributed by atoms with Gasteiger partial charge in [-0.3, -0.25) is 9.59 Å². The summed E-state index contributed by atoms with van der Waals surface area (Å²) < 4.78 is 0. The predicted octanol–water partition coefficient (Wildman–Crippen LogP) is 3.61. The number of carboxylic acid groups (broad SMARTS) is 2. The Balaban J connectivity index is 0.00000180. The number of aliphatic carboxylic acids is 2. The number of rotatable bonds is 3. The van der Waals surface area contributed by atoms with Crippen LogP contribution in [-0.4, -0.2) is 22.2 Å². The van der Waals surface area contributed by atoms with Gasteiger partial charge in [0, 0.05) is 0 Å². The Morgan fingerprint density at radius 1 is 0.600 bits per heavy atom. The first-order valence-electron chi connectivity index (χ1n) is 7.03. The molecule has 0 atom stereocenters. The van der Waals surface area contributed by atoms with E-state index in [0.29, 0.717) is 11.8 Å². The van der Waals surface area contributed by atoms with Gasteiger partial charge in [-0.1, -0.05) is 0 Å². The molecule has 0 aromatic heterocycles. The van der Waals surface area contributed by atoms with Gasteiger partial charge in [-0.05, 0) is 63.2 Å². The molecule has 2 rings (SSSR count). The average molecular weight is 327 g/mol. The smallest absolute Gasteiger partial charge is 0.306 e. The highest BCUT2D eigenvalue weighted by Crippen LogP contribution is 2.41. The Labute approximate surface area is 132 Å². The van der Waals surface area contributed by atoms with E-state index in [1.54, 1.807) is 0 Å². The minimum absolute atomic E-state index is 0. The van der Waals surface area contributed by atoms with Gasteiger partial charge in [0.05, 0.1) is 11.8 Å². The van der Waals surface area contributed by atoms with E-state index in [4.69, 9.17) is 10.2 Å². The van der Waals surface area contributed by atoms with E-state index in [9.17, 15) is 9.59 Å². The molecule has 0 radical (unpaired) electrons. The quantitative estimate of drug-likeness (QED) is 0.830. The molecule has 0 heterocycles. The molecule has 0 bridgehead atoms. The highest BCUT2D eigenvalue weighted by molar-refractivity contribution is 5.85. The lowest BCUT2D eigenvalue weighted by molar-refractivity contribution is -0.145. The van der Waals surface area contributed by atoms with Crippen molar-refractivity contribution in [2.45, 2.75) is 51.4 Å². The third kappa shape index (κ3) is 4.81. The van der Waals surface area contributed by atoms with E-state index in [1.165, 1.54) is 0 Å². The summed E-state index contributed by atoms with van der Waals surface area (Å²) in [5, 5.41) is 17.9. The van der Waals surface area contributed by atoms with Crippen molar-refractivity contribution in [1.29, 1.82) is 0 Å². The van der Waals surface area contributed by atoms with Gasteiger partial charge in [0.25, 0.3) is 0 Å². The zero-order chi connectivity index (χ0) is 13.1. The van der Waals surface area contributed by atoms with E-state index >= 15 is 0 Å². The summed E-state index contributed by atoms with van der Waals surface area (Å²) in [4.78, 5) is 21.8. The van der Waals surface area contributed by atoms with Crippen LogP contribution in [-0.2, 0) is 9.59 Å². The molecule has 20 heavy (non-hydrogen) atoms. The van der Waals surface area contributed by atoms with Crippen molar-refractivity contribution in [2.24, 2.45) is 23.7 Å². The second-order valence-corrected chi connectivity index (χ2v) is 5.90. The Morgan fingerprint density at radius 3 is 1.05 bits per heavy atom. The van der Waals surface area contributed by atoms with Crippen LogP contribution in [0.25, 0.3) is 0 Å². The van der Waals surface area contributed by atoms with Gasteiger partial charge in [-0.25, -0.2) is 0 Å². The summed E-state index contributed by atoms with van der Waals surface area (Å²) in [5.41, 5.74) is 0. The lowest BCUT2D eigenvalue weighted by Gasteiger charge is -2.36. The van der Waals surface area contributed by atoms with Crippen LogP contribution in [0.1, 0.15) is 51.4 Å². The molecular formula is C14H24Cl2O4. The van der Waals surface area contributed by atoms with Gasteiger partial charge in [-0.2, -0.15) is 0 Å². The number of halogens is 2. The minimum Gasteiger partial charge on any atom is -0.481 e. The second kappa shape index (κ2) is 8.73.